The lowest BCUT2D eigenvalue weighted by Gasteiger charge is -2.27. The molecule has 150 valence electrons. The summed E-state index contributed by atoms with van der Waals surface area (Å²) in [7, 11) is 0. The van der Waals surface area contributed by atoms with Crippen molar-refractivity contribution in [2.75, 3.05) is 11.9 Å². The van der Waals surface area contributed by atoms with E-state index in [1.54, 1.807) is 11.1 Å². The number of nitrogens with zero attached hydrogens (tertiary/aromatic N) is 5. The molecule has 0 spiro atoms. The molecule has 0 aliphatic carbocycles. The third kappa shape index (κ3) is 3.08. The highest BCUT2D eigenvalue weighted by Crippen LogP contribution is 2.34. The van der Waals surface area contributed by atoms with Crippen molar-refractivity contribution >= 4 is 17.4 Å². The molecule has 4 heterocycles. The van der Waals surface area contributed by atoms with Gasteiger partial charge >= 0.3 is 6.03 Å². The second-order valence-corrected chi connectivity index (χ2v) is 7.49. The quantitative estimate of drug-likeness (QED) is 0.621. The fourth-order valence-electron chi connectivity index (χ4n) is 4.18. The Bertz CT molecular complexity index is 1190. The van der Waals surface area contributed by atoms with Crippen LogP contribution in [0.1, 0.15) is 23.2 Å². The Labute approximate surface area is 173 Å². The lowest BCUT2D eigenvalue weighted by Crippen LogP contribution is -2.38. The molecule has 8 heteroatoms. The van der Waals surface area contributed by atoms with Crippen molar-refractivity contribution in [3.8, 4) is 11.4 Å². The second-order valence-electron chi connectivity index (χ2n) is 7.49. The van der Waals surface area contributed by atoms with Gasteiger partial charge in [0, 0.05) is 37.0 Å². The van der Waals surface area contributed by atoms with Crippen LogP contribution in [-0.4, -0.2) is 32.2 Å². The Hall–Kier alpha value is -3.73. The van der Waals surface area contributed by atoms with Crippen molar-refractivity contribution in [1.82, 2.24) is 19.7 Å². The second kappa shape index (κ2) is 7.26. The third-order valence-corrected chi connectivity index (χ3v) is 5.64. The minimum atomic E-state index is -0.598. The molecule has 5 rings (SSSR count). The predicted octanol–water partition coefficient (Wildman–Crippen LogP) is 4.17. The van der Waals surface area contributed by atoms with Gasteiger partial charge in [-0.3, -0.25) is 9.67 Å². The van der Waals surface area contributed by atoms with Gasteiger partial charge in [-0.1, -0.05) is 6.07 Å². The monoisotopic (exact) mass is 402 g/mol. The van der Waals surface area contributed by atoms with Crippen LogP contribution in [0.15, 0.2) is 36.5 Å². The van der Waals surface area contributed by atoms with E-state index in [1.807, 2.05) is 10.7 Å². The molecule has 0 bridgehead atoms. The number of carbonyl (C=O) groups is 1. The highest BCUT2D eigenvalue weighted by molar-refractivity contribution is 5.90. The highest BCUT2D eigenvalue weighted by atomic mass is 19.1. The number of rotatable bonds is 1. The first-order chi connectivity index (χ1) is 14.6. The molecule has 0 fully saturated rings. The Balaban J connectivity index is 1.43. The maximum absolute atomic E-state index is 13.6. The Morgan fingerprint density at radius 3 is 3.00 bits per heavy atom. The molecular formula is C22H19FN6O. The molecule has 0 saturated heterocycles. The largest absolute Gasteiger partial charge is 0.322 e. The standard InChI is InChI=1S/C22H19FN6O/c1-24-19-12-15(6-7-17(19)23)26-22(30)28-11-8-18-16(13-28)21-20-14(4-2-9-25-20)5-3-10-29(21)27-18/h2,4,6-7,9,12H,3,5,8,10-11,13H2,(H,26,30). The molecule has 2 aliphatic rings. The molecule has 0 saturated carbocycles. The molecule has 2 amide bonds. The first-order valence-corrected chi connectivity index (χ1v) is 9.90. The number of benzene rings is 1. The zero-order valence-corrected chi connectivity index (χ0v) is 16.2. The summed E-state index contributed by atoms with van der Waals surface area (Å²) in [6.07, 6.45) is 4.43. The number of halogens is 1. The van der Waals surface area contributed by atoms with Gasteiger partial charge in [-0.25, -0.2) is 14.0 Å². The average molecular weight is 402 g/mol. The average Bonchev–Trinajstić information content (AvgIpc) is 3.02. The van der Waals surface area contributed by atoms with E-state index in [1.165, 1.54) is 23.8 Å². The zero-order valence-electron chi connectivity index (χ0n) is 16.2. The van der Waals surface area contributed by atoms with Crippen molar-refractivity contribution < 1.29 is 9.18 Å². The van der Waals surface area contributed by atoms with Gasteiger partial charge in [-0.05, 0) is 42.7 Å². The van der Waals surface area contributed by atoms with Crippen LogP contribution < -0.4 is 5.32 Å². The van der Waals surface area contributed by atoms with Crippen LogP contribution in [-0.2, 0) is 25.9 Å². The number of nitrogens with one attached hydrogen (secondary N) is 1. The lowest BCUT2D eigenvalue weighted by atomic mass is 10.0. The highest BCUT2D eigenvalue weighted by Gasteiger charge is 2.30. The summed E-state index contributed by atoms with van der Waals surface area (Å²) in [5.74, 6) is -0.598. The fraction of sp³-hybridized carbons (Fsp3) is 0.273. The van der Waals surface area contributed by atoms with Crippen molar-refractivity contribution in [2.45, 2.75) is 32.4 Å². The molecule has 7 nitrogen and oxygen atoms in total. The van der Waals surface area contributed by atoms with E-state index in [4.69, 9.17) is 11.7 Å². The molecule has 1 aromatic carbocycles. The Morgan fingerprint density at radius 2 is 2.13 bits per heavy atom. The van der Waals surface area contributed by atoms with Crippen molar-refractivity contribution in [3.05, 3.63) is 70.6 Å². The minimum absolute atomic E-state index is 0.113. The first-order valence-electron chi connectivity index (χ1n) is 9.90. The number of carbonyl (C=O) groups excluding carboxylic acids is 1. The molecule has 1 N–H and O–H groups in total. The van der Waals surface area contributed by atoms with Crippen LogP contribution in [0.4, 0.5) is 20.6 Å². The van der Waals surface area contributed by atoms with Gasteiger partial charge in [0.2, 0.25) is 5.69 Å². The van der Waals surface area contributed by atoms with Crippen LogP contribution in [0.25, 0.3) is 16.2 Å². The first kappa shape index (κ1) is 18.3. The summed E-state index contributed by atoms with van der Waals surface area (Å²) in [6, 6.07) is 7.78. The Kier molecular flexibility index (Phi) is 4.43. The zero-order chi connectivity index (χ0) is 20.7. The Morgan fingerprint density at radius 1 is 1.23 bits per heavy atom. The van der Waals surface area contributed by atoms with E-state index >= 15 is 0 Å². The third-order valence-electron chi connectivity index (χ3n) is 5.64. The van der Waals surface area contributed by atoms with Gasteiger partial charge in [0.15, 0.2) is 0 Å². The minimum Gasteiger partial charge on any atom is -0.320 e. The smallest absolute Gasteiger partial charge is 0.320 e. The molecular weight excluding hydrogens is 383 g/mol. The SMILES string of the molecule is [C-]#[N+]c1cc(NC(=O)N2CCc3nn4c(c3C2)-c2ncccc2CCC4)ccc1F. The number of anilines is 1. The molecule has 0 radical (unpaired) electrons. The number of hydrogen-bond acceptors (Lipinski definition) is 3. The molecule has 2 aromatic heterocycles. The molecule has 2 aliphatic heterocycles. The normalized spacial score (nSPS) is 14.7. The van der Waals surface area contributed by atoms with E-state index in [0.29, 0.717) is 25.2 Å². The summed E-state index contributed by atoms with van der Waals surface area (Å²) < 4.78 is 15.6. The number of pyridine rings is 1. The number of urea groups is 1. The summed E-state index contributed by atoms with van der Waals surface area (Å²) in [6.45, 7) is 8.85. The van der Waals surface area contributed by atoms with Crippen LogP contribution in [0.3, 0.4) is 0 Å². The van der Waals surface area contributed by atoms with Gasteiger partial charge in [0.1, 0.15) is 5.82 Å². The molecule has 30 heavy (non-hydrogen) atoms. The number of aromatic nitrogens is 3. The summed E-state index contributed by atoms with van der Waals surface area (Å²) >= 11 is 0. The van der Waals surface area contributed by atoms with E-state index < -0.39 is 5.82 Å². The topological polar surface area (TPSA) is 67.4 Å². The van der Waals surface area contributed by atoms with Crippen LogP contribution in [0.2, 0.25) is 0 Å². The van der Waals surface area contributed by atoms with E-state index in [0.717, 1.165) is 42.0 Å². The fourth-order valence-corrected chi connectivity index (χ4v) is 4.18. The summed E-state index contributed by atoms with van der Waals surface area (Å²) in [5, 5.41) is 7.59. The number of hydrogen-bond donors (Lipinski definition) is 1. The molecule has 0 atom stereocenters. The van der Waals surface area contributed by atoms with Gasteiger partial charge in [-0.2, -0.15) is 5.10 Å². The van der Waals surface area contributed by atoms with Crippen molar-refractivity contribution in [2.24, 2.45) is 0 Å². The maximum Gasteiger partial charge on any atom is 0.322 e. The predicted molar refractivity (Wildman–Crippen MR) is 110 cm³/mol. The number of amides is 2. The van der Waals surface area contributed by atoms with Gasteiger partial charge in [0.25, 0.3) is 0 Å². The molecule has 0 unspecified atom stereocenters. The van der Waals surface area contributed by atoms with Crippen molar-refractivity contribution in [1.29, 1.82) is 0 Å². The summed E-state index contributed by atoms with van der Waals surface area (Å²) in [5.41, 5.74) is 5.51. The van der Waals surface area contributed by atoms with Gasteiger partial charge < -0.3 is 10.2 Å². The van der Waals surface area contributed by atoms with Gasteiger partial charge in [-0.15, -0.1) is 0 Å². The summed E-state index contributed by atoms with van der Waals surface area (Å²) in [4.78, 5) is 22.4. The number of aryl methyl sites for hydroxylation is 2. The maximum atomic E-state index is 13.6. The van der Waals surface area contributed by atoms with E-state index in [-0.39, 0.29) is 11.7 Å². The van der Waals surface area contributed by atoms with Gasteiger partial charge in [0.05, 0.1) is 30.2 Å². The number of fused-ring (bicyclic) bond motifs is 5. The lowest BCUT2D eigenvalue weighted by molar-refractivity contribution is 0.206. The van der Waals surface area contributed by atoms with Crippen LogP contribution >= 0.6 is 0 Å². The van der Waals surface area contributed by atoms with Crippen molar-refractivity contribution in [3.63, 3.8) is 0 Å². The van der Waals surface area contributed by atoms with Crippen LogP contribution in [0, 0.1) is 12.4 Å². The molecule has 3 aromatic rings. The van der Waals surface area contributed by atoms with E-state index in [2.05, 4.69) is 21.2 Å². The van der Waals surface area contributed by atoms with Crippen LogP contribution in [0.5, 0.6) is 0 Å². The van der Waals surface area contributed by atoms with E-state index in [9.17, 15) is 9.18 Å².